The molecule has 174 valence electrons. The van der Waals surface area contributed by atoms with E-state index in [2.05, 4.69) is 9.88 Å². The molecule has 2 saturated heterocycles. The molecule has 3 aromatic rings. The van der Waals surface area contributed by atoms with E-state index < -0.39 is 0 Å². The smallest absolute Gasteiger partial charge is 0.242 e. The Kier molecular flexibility index (Phi) is 6.68. The van der Waals surface area contributed by atoms with Crippen LogP contribution in [0.25, 0.3) is 22.6 Å². The van der Waals surface area contributed by atoms with Gasteiger partial charge in [-0.1, -0.05) is 25.0 Å². The van der Waals surface area contributed by atoms with E-state index in [0.29, 0.717) is 19.6 Å². The highest BCUT2D eigenvalue weighted by Gasteiger charge is 2.26. The van der Waals surface area contributed by atoms with E-state index in [1.807, 2.05) is 44.0 Å². The fourth-order valence-corrected chi connectivity index (χ4v) is 5.29. The molecule has 1 aromatic carbocycles. The molecule has 33 heavy (non-hydrogen) atoms. The number of hydrogen-bond acceptors (Lipinski definition) is 6. The molecule has 0 unspecified atom stereocenters. The van der Waals surface area contributed by atoms with Crippen LogP contribution in [-0.4, -0.2) is 86.9 Å². The summed E-state index contributed by atoms with van der Waals surface area (Å²) < 4.78 is 1.97. The van der Waals surface area contributed by atoms with Crippen LogP contribution < -0.4 is 0 Å². The third-order valence-corrected chi connectivity index (χ3v) is 7.24. The minimum Gasteiger partial charge on any atom is -0.342 e. The highest BCUT2D eigenvalue weighted by molar-refractivity contribution is 7.07. The number of piperazine rings is 1. The van der Waals surface area contributed by atoms with Crippen LogP contribution in [0.4, 0.5) is 0 Å². The van der Waals surface area contributed by atoms with Gasteiger partial charge in [0.15, 0.2) is 5.82 Å². The molecule has 2 aromatic heterocycles. The van der Waals surface area contributed by atoms with E-state index in [4.69, 9.17) is 4.98 Å². The van der Waals surface area contributed by atoms with Gasteiger partial charge in [-0.3, -0.25) is 14.5 Å². The number of imidazole rings is 1. The fourth-order valence-electron chi connectivity index (χ4n) is 4.76. The monoisotopic (exact) mass is 466 g/mol. The van der Waals surface area contributed by atoms with Gasteiger partial charge in [0.25, 0.3) is 0 Å². The molecule has 4 heterocycles. The summed E-state index contributed by atoms with van der Waals surface area (Å²) in [4.78, 5) is 41.2. The number of likely N-dealkylation sites (tertiary alicyclic amines) is 1. The maximum Gasteiger partial charge on any atom is 0.242 e. The first-order chi connectivity index (χ1) is 16.2. The van der Waals surface area contributed by atoms with Gasteiger partial charge in [-0.05, 0) is 25.0 Å². The predicted octanol–water partition coefficient (Wildman–Crippen LogP) is 2.71. The highest BCUT2D eigenvalue weighted by atomic mass is 32.1. The molecule has 0 bridgehead atoms. The second-order valence-electron chi connectivity index (χ2n) is 8.84. The number of carbonyl (C=O) groups excluding carboxylic acids is 2. The quantitative estimate of drug-likeness (QED) is 0.578. The molecule has 0 spiro atoms. The summed E-state index contributed by atoms with van der Waals surface area (Å²) in [5, 5.41) is 1.96. The second-order valence-corrected chi connectivity index (χ2v) is 9.55. The van der Waals surface area contributed by atoms with Crippen LogP contribution >= 0.6 is 11.3 Å². The summed E-state index contributed by atoms with van der Waals surface area (Å²) in [6.07, 6.45) is 4.67. The van der Waals surface area contributed by atoms with Crippen molar-refractivity contribution < 1.29 is 9.59 Å². The lowest BCUT2D eigenvalue weighted by Gasteiger charge is -2.35. The van der Waals surface area contributed by atoms with Gasteiger partial charge >= 0.3 is 0 Å². The molecule has 0 saturated carbocycles. The molecular weight excluding hydrogens is 436 g/mol. The summed E-state index contributed by atoms with van der Waals surface area (Å²) in [6.45, 7) is 5.22. The van der Waals surface area contributed by atoms with Crippen LogP contribution in [0.15, 0.2) is 35.2 Å². The Bertz CT molecular complexity index is 1100. The number of carbonyl (C=O) groups is 2. The molecule has 9 heteroatoms. The molecule has 2 amide bonds. The maximum atomic E-state index is 13.2. The Hall–Kier alpha value is -2.78. The zero-order chi connectivity index (χ0) is 22.6. The molecule has 0 aliphatic carbocycles. The Morgan fingerprint density at radius 1 is 0.848 bits per heavy atom. The number of fused-ring (bicyclic) bond motifs is 1. The van der Waals surface area contributed by atoms with Gasteiger partial charge in [0, 0.05) is 44.6 Å². The summed E-state index contributed by atoms with van der Waals surface area (Å²) in [5.41, 5.74) is 4.38. The van der Waals surface area contributed by atoms with Gasteiger partial charge in [0.05, 0.1) is 23.1 Å². The minimum atomic E-state index is 0.0770. The molecule has 0 radical (unpaired) electrons. The Morgan fingerprint density at radius 3 is 2.27 bits per heavy atom. The SMILES string of the molecule is O=C(CN1CCN(C(=O)Cn2c(-c3cscn3)nc3ccccc32)CC1)N1CCCCCC1. The van der Waals surface area contributed by atoms with Crippen molar-refractivity contribution in [1.29, 1.82) is 0 Å². The number of aromatic nitrogens is 3. The zero-order valence-corrected chi connectivity index (χ0v) is 19.7. The molecule has 0 N–H and O–H groups in total. The summed E-state index contributed by atoms with van der Waals surface area (Å²) in [5.74, 6) is 1.04. The lowest BCUT2D eigenvalue weighted by molar-refractivity contribution is -0.135. The largest absolute Gasteiger partial charge is 0.342 e. The number of amides is 2. The van der Waals surface area contributed by atoms with E-state index in [1.54, 1.807) is 5.51 Å². The van der Waals surface area contributed by atoms with E-state index in [0.717, 1.165) is 61.6 Å². The summed E-state index contributed by atoms with van der Waals surface area (Å²) >= 11 is 1.52. The number of para-hydroxylation sites is 2. The van der Waals surface area contributed by atoms with Gasteiger partial charge in [-0.2, -0.15) is 0 Å². The summed E-state index contributed by atoms with van der Waals surface area (Å²) in [7, 11) is 0. The predicted molar refractivity (Wildman–Crippen MR) is 129 cm³/mol. The van der Waals surface area contributed by atoms with Crippen LogP contribution in [0.1, 0.15) is 25.7 Å². The van der Waals surface area contributed by atoms with E-state index in [1.165, 1.54) is 24.2 Å². The normalized spacial score (nSPS) is 17.9. The molecule has 2 aliphatic rings. The first-order valence-electron chi connectivity index (χ1n) is 11.8. The Morgan fingerprint density at radius 2 is 1.55 bits per heavy atom. The Labute approximate surface area is 197 Å². The van der Waals surface area contributed by atoms with Crippen LogP contribution in [-0.2, 0) is 16.1 Å². The van der Waals surface area contributed by atoms with Gasteiger partial charge in [-0.25, -0.2) is 9.97 Å². The van der Waals surface area contributed by atoms with Crippen LogP contribution in [0, 0.1) is 0 Å². The Balaban J connectivity index is 1.21. The first-order valence-corrected chi connectivity index (χ1v) is 12.7. The number of benzene rings is 1. The third kappa shape index (κ3) is 4.94. The lowest BCUT2D eigenvalue weighted by atomic mass is 10.2. The fraction of sp³-hybridized carbons (Fsp3) is 0.500. The third-order valence-electron chi connectivity index (χ3n) is 6.65. The van der Waals surface area contributed by atoms with Crippen molar-refractivity contribution in [2.24, 2.45) is 0 Å². The number of hydrogen-bond donors (Lipinski definition) is 0. The van der Waals surface area contributed by atoms with Crippen molar-refractivity contribution in [3.63, 3.8) is 0 Å². The van der Waals surface area contributed by atoms with Crippen molar-refractivity contribution >= 4 is 34.2 Å². The molecule has 8 nitrogen and oxygen atoms in total. The van der Waals surface area contributed by atoms with Crippen LogP contribution in [0.2, 0.25) is 0 Å². The number of nitrogens with zero attached hydrogens (tertiary/aromatic N) is 6. The molecule has 5 rings (SSSR count). The van der Waals surface area contributed by atoms with Crippen LogP contribution in [0.3, 0.4) is 0 Å². The van der Waals surface area contributed by atoms with Crippen molar-refractivity contribution in [2.45, 2.75) is 32.2 Å². The number of thiazole rings is 1. The minimum absolute atomic E-state index is 0.0770. The van der Waals surface area contributed by atoms with Crippen molar-refractivity contribution in [3.05, 3.63) is 35.2 Å². The first kappa shape index (κ1) is 22.0. The molecular formula is C24H30N6O2S. The van der Waals surface area contributed by atoms with Gasteiger partial charge < -0.3 is 14.4 Å². The summed E-state index contributed by atoms with van der Waals surface area (Å²) in [6, 6.07) is 7.89. The van der Waals surface area contributed by atoms with E-state index in [-0.39, 0.29) is 18.4 Å². The lowest BCUT2D eigenvalue weighted by Crippen LogP contribution is -2.52. The van der Waals surface area contributed by atoms with Gasteiger partial charge in [0.2, 0.25) is 11.8 Å². The zero-order valence-electron chi connectivity index (χ0n) is 18.9. The van der Waals surface area contributed by atoms with Crippen molar-refractivity contribution in [2.75, 3.05) is 45.8 Å². The average Bonchev–Trinajstić information content (AvgIpc) is 3.40. The second kappa shape index (κ2) is 10.0. The van der Waals surface area contributed by atoms with Crippen molar-refractivity contribution in [1.82, 2.24) is 29.2 Å². The molecule has 0 atom stereocenters. The van der Waals surface area contributed by atoms with Gasteiger partial charge in [0.1, 0.15) is 12.2 Å². The van der Waals surface area contributed by atoms with E-state index >= 15 is 0 Å². The van der Waals surface area contributed by atoms with Crippen molar-refractivity contribution in [3.8, 4) is 11.5 Å². The molecule has 2 fully saturated rings. The number of rotatable bonds is 5. The maximum absolute atomic E-state index is 13.2. The topological polar surface area (TPSA) is 74.6 Å². The molecule has 2 aliphatic heterocycles. The van der Waals surface area contributed by atoms with Crippen LogP contribution in [0.5, 0.6) is 0 Å². The standard InChI is InChI=1S/C24H30N6O2S/c31-22(28-9-5-1-2-6-10-28)15-27-11-13-29(14-12-27)23(32)16-30-21-8-4-3-7-19(21)26-24(30)20-17-33-18-25-20/h3-4,7-8,17-18H,1-2,5-6,9-16H2. The average molecular weight is 467 g/mol. The highest BCUT2D eigenvalue weighted by Crippen LogP contribution is 2.25. The van der Waals surface area contributed by atoms with Gasteiger partial charge in [-0.15, -0.1) is 11.3 Å². The van der Waals surface area contributed by atoms with E-state index in [9.17, 15) is 9.59 Å².